The number of thioether (sulfide) groups is 1. The number of carbonyl (C=O) groups is 1. The fraction of sp³-hybridized carbons (Fsp3) is 0.222. The molecule has 1 rings (SSSR count). The van der Waals surface area contributed by atoms with Crippen LogP contribution in [-0.4, -0.2) is 12.5 Å². The summed E-state index contributed by atoms with van der Waals surface area (Å²) < 4.78 is 13.0. The molecule has 0 radical (unpaired) electrons. The highest BCUT2D eigenvalue weighted by Gasteiger charge is 2.04. The smallest absolute Gasteiger partial charge is 0.151 e. The number of aldehydes is 1. The third-order valence-electron chi connectivity index (χ3n) is 1.64. The van der Waals surface area contributed by atoms with Crippen LogP contribution in [0.1, 0.15) is 15.9 Å². The van der Waals surface area contributed by atoms with E-state index < -0.39 is 0 Å². The SMILES string of the molecule is CSc1cc(F)c(C)cc1C=O. The number of benzene rings is 1. The first-order valence-corrected chi connectivity index (χ1v) is 4.71. The molecule has 1 nitrogen and oxygen atoms in total. The summed E-state index contributed by atoms with van der Waals surface area (Å²) >= 11 is 1.37. The molecule has 0 spiro atoms. The molecule has 0 aliphatic rings. The first-order chi connectivity index (χ1) is 5.69. The largest absolute Gasteiger partial charge is 0.298 e. The molecule has 0 unspecified atom stereocenters. The summed E-state index contributed by atoms with van der Waals surface area (Å²) in [5, 5.41) is 0. The molecule has 1 aromatic carbocycles. The quantitative estimate of drug-likeness (QED) is 0.519. The van der Waals surface area contributed by atoms with Gasteiger partial charge in [0, 0.05) is 10.5 Å². The lowest BCUT2D eigenvalue weighted by atomic mass is 10.1. The predicted molar refractivity (Wildman–Crippen MR) is 48.3 cm³/mol. The average molecular weight is 184 g/mol. The topological polar surface area (TPSA) is 17.1 Å². The lowest BCUT2D eigenvalue weighted by Gasteiger charge is -2.03. The zero-order chi connectivity index (χ0) is 9.14. The van der Waals surface area contributed by atoms with Crippen LogP contribution in [0.25, 0.3) is 0 Å². The Morgan fingerprint density at radius 2 is 2.17 bits per heavy atom. The van der Waals surface area contributed by atoms with Crippen molar-refractivity contribution in [3.8, 4) is 0 Å². The van der Waals surface area contributed by atoms with E-state index in [9.17, 15) is 9.18 Å². The summed E-state index contributed by atoms with van der Waals surface area (Å²) in [6.45, 7) is 1.65. The van der Waals surface area contributed by atoms with Crippen molar-refractivity contribution in [2.45, 2.75) is 11.8 Å². The van der Waals surface area contributed by atoms with Crippen molar-refractivity contribution in [1.82, 2.24) is 0 Å². The molecule has 64 valence electrons. The highest BCUT2D eigenvalue weighted by Crippen LogP contribution is 2.22. The molecule has 0 fully saturated rings. The number of rotatable bonds is 2. The summed E-state index contributed by atoms with van der Waals surface area (Å²) in [4.78, 5) is 11.2. The molecule has 1 aromatic rings. The molecule has 0 saturated heterocycles. The van der Waals surface area contributed by atoms with Crippen molar-refractivity contribution in [2.24, 2.45) is 0 Å². The third kappa shape index (κ3) is 1.67. The van der Waals surface area contributed by atoms with Gasteiger partial charge in [-0.1, -0.05) is 0 Å². The summed E-state index contributed by atoms with van der Waals surface area (Å²) in [6, 6.07) is 2.96. The fourth-order valence-corrected chi connectivity index (χ4v) is 1.52. The van der Waals surface area contributed by atoms with Crippen LogP contribution in [0.4, 0.5) is 4.39 Å². The van der Waals surface area contributed by atoms with Crippen molar-refractivity contribution >= 4 is 18.0 Å². The van der Waals surface area contributed by atoms with Crippen molar-refractivity contribution in [3.63, 3.8) is 0 Å². The Morgan fingerprint density at radius 1 is 1.50 bits per heavy atom. The Labute approximate surface area is 75.0 Å². The second-order valence-electron chi connectivity index (χ2n) is 2.46. The van der Waals surface area contributed by atoms with Gasteiger partial charge in [0.1, 0.15) is 5.82 Å². The summed E-state index contributed by atoms with van der Waals surface area (Å²) in [5.74, 6) is -0.259. The van der Waals surface area contributed by atoms with Crippen LogP contribution in [0.5, 0.6) is 0 Å². The molecule has 0 heterocycles. The van der Waals surface area contributed by atoms with Crippen LogP contribution < -0.4 is 0 Å². The number of hydrogen-bond donors (Lipinski definition) is 0. The van der Waals surface area contributed by atoms with E-state index in [1.54, 1.807) is 13.0 Å². The minimum atomic E-state index is -0.259. The average Bonchev–Trinajstić information content (AvgIpc) is 2.09. The molecule has 0 atom stereocenters. The van der Waals surface area contributed by atoms with Crippen molar-refractivity contribution in [3.05, 3.63) is 29.1 Å². The van der Waals surface area contributed by atoms with Gasteiger partial charge in [-0.25, -0.2) is 4.39 Å². The predicted octanol–water partition coefficient (Wildman–Crippen LogP) is 2.67. The molecular formula is C9H9FOS. The van der Waals surface area contributed by atoms with Gasteiger partial charge >= 0.3 is 0 Å². The van der Waals surface area contributed by atoms with Crippen LogP contribution in [-0.2, 0) is 0 Å². The van der Waals surface area contributed by atoms with Crippen LogP contribution in [0.3, 0.4) is 0 Å². The minimum Gasteiger partial charge on any atom is -0.298 e. The van der Waals surface area contributed by atoms with E-state index in [2.05, 4.69) is 0 Å². The summed E-state index contributed by atoms with van der Waals surface area (Å²) in [6.07, 6.45) is 2.56. The molecule has 0 bridgehead atoms. The molecule has 0 amide bonds. The maximum Gasteiger partial charge on any atom is 0.151 e. The van der Waals surface area contributed by atoms with E-state index in [1.807, 2.05) is 6.26 Å². The van der Waals surface area contributed by atoms with Gasteiger partial charge in [0.25, 0.3) is 0 Å². The lowest BCUT2D eigenvalue weighted by Crippen LogP contribution is -1.90. The van der Waals surface area contributed by atoms with E-state index >= 15 is 0 Å². The zero-order valence-corrected chi connectivity index (χ0v) is 7.74. The first-order valence-electron chi connectivity index (χ1n) is 3.48. The van der Waals surface area contributed by atoms with E-state index in [0.717, 1.165) is 6.29 Å². The van der Waals surface area contributed by atoms with E-state index in [4.69, 9.17) is 0 Å². The Kier molecular flexibility index (Phi) is 2.87. The number of carbonyl (C=O) groups excluding carboxylic acids is 1. The Balaban J connectivity index is 3.28. The monoisotopic (exact) mass is 184 g/mol. The van der Waals surface area contributed by atoms with Gasteiger partial charge in [0.2, 0.25) is 0 Å². The van der Waals surface area contributed by atoms with E-state index in [0.29, 0.717) is 16.0 Å². The standard InChI is InChI=1S/C9H9FOS/c1-6-3-7(5-11)9(12-2)4-8(6)10/h3-5H,1-2H3. The molecule has 12 heavy (non-hydrogen) atoms. The van der Waals surface area contributed by atoms with Crippen LogP contribution in [0.15, 0.2) is 17.0 Å². The lowest BCUT2D eigenvalue weighted by molar-refractivity contribution is 0.112. The van der Waals surface area contributed by atoms with Crippen molar-refractivity contribution in [1.29, 1.82) is 0 Å². The highest BCUT2D eigenvalue weighted by atomic mass is 32.2. The zero-order valence-electron chi connectivity index (χ0n) is 6.93. The molecule has 0 N–H and O–H groups in total. The molecule has 0 aliphatic heterocycles. The van der Waals surface area contributed by atoms with E-state index in [1.165, 1.54) is 17.8 Å². The van der Waals surface area contributed by atoms with Gasteiger partial charge in [0.15, 0.2) is 6.29 Å². The number of hydrogen-bond acceptors (Lipinski definition) is 2. The van der Waals surface area contributed by atoms with Gasteiger partial charge in [-0.2, -0.15) is 0 Å². The van der Waals surface area contributed by atoms with Crippen LogP contribution >= 0.6 is 11.8 Å². The Bertz CT molecular complexity index is 310. The van der Waals surface area contributed by atoms with Crippen LogP contribution in [0, 0.1) is 12.7 Å². The van der Waals surface area contributed by atoms with Gasteiger partial charge in [-0.15, -0.1) is 11.8 Å². The fourth-order valence-electron chi connectivity index (χ4n) is 0.954. The molecule has 0 aliphatic carbocycles. The maximum atomic E-state index is 13.0. The molecule has 0 aromatic heterocycles. The number of aryl methyl sites for hydroxylation is 1. The Morgan fingerprint density at radius 3 is 2.67 bits per heavy atom. The van der Waals surface area contributed by atoms with Gasteiger partial charge in [0.05, 0.1) is 0 Å². The molecule has 3 heteroatoms. The number of halogens is 1. The first kappa shape index (κ1) is 9.26. The molecular weight excluding hydrogens is 175 g/mol. The van der Waals surface area contributed by atoms with E-state index in [-0.39, 0.29) is 5.82 Å². The minimum absolute atomic E-state index is 0.259. The van der Waals surface area contributed by atoms with Crippen molar-refractivity contribution < 1.29 is 9.18 Å². The highest BCUT2D eigenvalue weighted by molar-refractivity contribution is 7.98. The van der Waals surface area contributed by atoms with Gasteiger partial charge < -0.3 is 0 Å². The van der Waals surface area contributed by atoms with Crippen molar-refractivity contribution in [2.75, 3.05) is 6.26 Å². The Hall–Kier alpha value is -0.830. The second-order valence-corrected chi connectivity index (χ2v) is 3.31. The maximum absolute atomic E-state index is 13.0. The third-order valence-corrected chi connectivity index (χ3v) is 2.43. The summed E-state index contributed by atoms with van der Waals surface area (Å²) in [5.41, 5.74) is 1.07. The second kappa shape index (κ2) is 3.72. The molecule has 0 saturated carbocycles. The van der Waals surface area contributed by atoms with Gasteiger partial charge in [-0.05, 0) is 30.9 Å². The van der Waals surface area contributed by atoms with Crippen LogP contribution in [0.2, 0.25) is 0 Å². The van der Waals surface area contributed by atoms with Gasteiger partial charge in [-0.3, -0.25) is 4.79 Å². The normalized spacial score (nSPS) is 9.92. The summed E-state index contributed by atoms with van der Waals surface area (Å²) in [7, 11) is 0.